The number of hydrogen-bond donors (Lipinski definition) is 3. The van der Waals surface area contributed by atoms with Crippen molar-refractivity contribution in [2.24, 2.45) is 5.10 Å². The van der Waals surface area contributed by atoms with E-state index in [1.54, 1.807) is 32.2 Å². The number of phenolic OH excluding ortho intramolecular Hbond substituents is 2. The van der Waals surface area contributed by atoms with Gasteiger partial charge in [-0.3, -0.25) is 4.79 Å². The summed E-state index contributed by atoms with van der Waals surface area (Å²) < 4.78 is 10.3. The number of benzene rings is 2. The second-order valence-corrected chi connectivity index (χ2v) is 5.35. The van der Waals surface area contributed by atoms with Crippen LogP contribution in [0.3, 0.4) is 0 Å². The van der Waals surface area contributed by atoms with Gasteiger partial charge in [-0.05, 0) is 36.2 Å². The number of methoxy groups -OCH3 is 2. The fourth-order valence-corrected chi connectivity index (χ4v) is 2.31. The maximum absolute atomic E-state index is 12.0. The average molecular weight is 344 g/mol. The summed E-state index contributed by atoms with van der Waals surface area (Å²) in [5.74, 6) is 0.656. The number of phenols is 2. The van der Waals surface area contributed by atoms with Gasteiger partial charge in [0.2, 0.25) is 5.91 Å². The van der Waals surface area contributed by atoms with Gasteiger partial charge < -0.3 is 19.7 Å². The van der Waals surface area contributed by atoms with E-state index in [0.717, 1.165) is 5.56 Å². The molecule has 0 saturated heterocycles. The summed E-state index contributed by atoms with van der Waals surface area (Å²) in [4.78, 5) is 12.0. The van der Waals surface area contributed by atoms with Gasteiger partial charge in [0.05, 0.1) is 26.9 Å². The molecule has 0 aliphatic heterocycles. The maximum atomic E-state index is 12.0. The Bertz CT molecular complexity index is 779. The van der Waals surface area contributed by atoms with Crippen molar-refractivity contribution in [1.82, 2.24) is 5.43 Å². The minimum Gasteiger partial charge on any atom is -0.508 e. The van der Waals surface area contributed by atoms with Gasteiger partial charge in [0, 0.05) is 11.6 Å². The first-order valence-electron chi connectivity index (χ1n) is 7.50. The van der Waals surface area contributed by atoms with Gasteiger partial charge in [-0.1, -0.05) is 6.07 Å². The van der Waals surface area contributed by atoms with Crippen LogP contribution in [0.15, 0.2) is 35.4 Å². The van der Waals surface area contributed by atoms with E-state index in [-0.39, 0.29) is 23.8 Å². The highest BCUT2D eigenvalue weighted by Gasteiger charge is 2.08. The molecule has 0 bridgehead atoms. The van der Waals surface area contributed by atoms with Crippen LogP contribution in [0.5, 0.6) is 23.0 Å². The molecule has 0 radical (unpaired) electrons. The molecule has 25 heavy (non-hydrogen) atoms. The Kier molecular flexibility index (Phi) is 5.84. The van der Waals surface area contributed by atoms with E-state index in [1.807, 2.05) is 0 Å². The summed E-state index contributed by atoms with van der Waals surface area (Å²) in [6, 6.07) is 7.91. The SMILES string of the molecule is COc1ccc(CC(=O)N/N=C/c2c(C)cc(O)cc2O)cc1OC. The molecule has 2 aromatic carbocycles. The molecule has 0 spiro atoms. The number of rotatable bonds is 6. The van der Waals surface area contributed by atoms with Gasteiger partial charge in [0.1, 0.15) is 11.5 Å². The van der Waals surface area contributed by atoms with Gasteiger partial charge in [-0.2, -0.15) is 5.10 Å². The van der Waals surface area contributed by atoms with E-state index < -0.39 is 0 Å². The van der Waals surface area contributed by atoms with Crippen LogP contribution in [-0.2, 0) is 11.2 Å². The number of amides is 1. The first-order chi connectivity index (χ1) is 11.9. The lowest BCUT2D eigenvalue weighted by molar-refractivity contribution is -0.120. The summed E-state index contributed by atoms with van der Waals surface area (Å²) >= 11 is 0. The first-order valence-corrected chi connectivity index (χ1v) is 7.50. The molecule has 7 heteroatoms. The molecule has 2 aromatic rings. The average Bonchev–Trinajstić information content (AvgIpc) is 2.57. The lowest BCUT2D eigenvalue weighted by Gasteiger charge is -2.09. The zero-order valence-electron chi connectivity index (χ0n) is 14.2. The molecule has 0 atom stereocenters. The fraction of sp³-hybridized carbons (Fsp3) is 0.222. The lowest BCUT2D eigenvalue weighted by Crippen LogP contribution is -2.19. The predicted octanol–water partition coefficient (Wildman–Crippen LogP) is 2.12. The number of nitrogens with zero attached hydrogens (tertiary/aromatic N) is 1. The molecule has 0 unspecified atom stereocenters. The molecule has 1 amide bonds. The minimum atomic E-state index is -0.320. The molecule has 7 nitrogen and oxygen atoms in total. The van der Waals surface area contributed by atoms with Gasteiger partial charge in [0.25, 0.3) is 0 Å². The van der Waals surface area contributed by atoms with E-state index in [4.69, 9.17) is 9.47 Å². The highest BCUT2D eigenvalue weighted by molar-refractivity contribution is 5.87. The van der Waals surface area contributed by atoms with Crippen LogP contribution < -0.4 is 14.9 Å². The van der Waals surface area contributed by atoms with Gasteiger partial charge in [0.15, 0.2) is 11.5 Å². The van der Waals surface area contributed by atoms with E-state index in [0.29, 0.717) is 22.6 Å². The summed E-state index contributed by atoms with van der Waals surface area (Å²) in [7, 11) is 3.07. The Labute approximate surface area is 145 Å². The van der Waals surface area contributed by atoms with Crippen molar-refractivity contribution in [2.75, 3.05) is 14.2 Å². The van der Waals surface area contributed by atoms with Crippen LogP contribution in [0.25, 0.3) is 0 Å². The molecule has 3 N–H and O–H groups in total. The molecule has 0 aromatic heterocycles. The number of hydrazone groups is 1. The molecule has 0 saturated carbocycles. The molecular weight excluding hydrogens is 324 g/mol. The third-order valence-corrected chi connectivity index (χ3v) is 3.55. The number of hydrogen-bond acceptors (Lipinski definition) is 6. The van der Waals surface area contributed by atoms with Gasteiger partial charge in [-0.25, -0.2) is 5.43 Å². The van der Waals surface area contributed by atoms with E-state index in [2.05, 4.69) is 10.5 Å². The van der Waals surface area contributed by atoms with Crippen LogP contribution in [0, 0.1) is 6.92 Å². The van der Waals surface area contributed by atoms with Crippen molar-refractivity contribution < 1.29 is 24.5 Å². The fourth-order valence-electron chi connectivity index (χ4n) is 2.31. The largest absolute Gasteiger partial charge is 0.508 e. The monoisotopic (exact) mass is 344 g/mol. The molecule has 2 rings (SSSR count). The van der Waals surface area contributed by atoms with Gasteiger partial charge in [-0.15, -0.1) is 0 Å². The summed E-state index contributed by atoms with van der Waals surface area (Å²) in [6.07, 6.45) is 1.44. The number of aromatic hydroxyl groups is 2. The molecule has 0 aliphatic rings. The normalized spacial score (nSPS) is 10.7. The second-order valence-electron chi connectivity index (χ2n) is 5.35. The Morgan fingerprint density at radius 3 is 2.52 bits per heavy atom. The number of carbonyl (C=O) groups is 1. The third kappa shape index (κ3) is 4.63. The zero-order valence-corrected chi connectivity index (χ0v) is 14.2. The van der Waals surface area contributed by atoms with E-state index in [1.165, 1.54) is 25.5 Å². The molecule has 0 fully saturated rings. The zero-order chi connectivity index (χ0) is 18.4. The summed E-state index contributed by atoms with van der Waals surface area (Å²) in [5, 5.41) is 23.0. The Balaban J connectivity index is 2.02. The van der Waals surface area contributed by atoms with Crippen LogP contribution in [0.2, 0.25) is 0 Å². The smallest absolute Gasteiger partial charge is 0.244 e. The quantitative estimate of drug-likeness (QED) is 0.550. The highest BCUT2D eigenvalue weighted by atomic mass is 16.5. The van der Waals surface area contributed by atoms with Crippen molar-refractivity contribution in [3.63, 3.8) is 0 Å². The van der Waals surface area contributed by atoms with Crippen LogP contribution in [0.4, 0.5) is 0 Å². The maximum Gasteiger partial charge on any atom is 0.244 e. The Morgan fingerprint density at radius 2 is 1.88 bits per heavy atom. The Hall–Kier alpha value is -3.22. The number of ether oxygens (including phenoxy) is 2. The summed E-state index contributed by atoms with van der Waals surface area (Å²) in [6.45, 7) is 1.71. The number of nitrogens with one attached hydrogen (secondary N) is 1. The van der Waals surface area contributed by atoms with Crippen LogP contribution >= 0.6 is 0 Å². The van der Waals surface area contributed by atoms with Gasteiger partial charge >= 0.3 is 0 Å². The molecule has 132 valence electrons. The van der Waals surface area contributed by atoms with E-state index >= 15 is 0 Å². The van der Waals surface area contributed by atoms with Crippen molar-refractivity contribution in [3.8, 4) is 23.0 Å². The van der Waals surface area contributed by atoms with Crippen molar-refractivity contribution in [1.29, 1.82) is 0 Å². The minimum absolute atomic E-state index is 0.0374. The standard InChI is InChI=1S/C18H20N2O5/c1-11-6-13(21)9-15(22)14(11)10-19-20-18(23)8-12-4-5-16(24-2)17(7-12)25-3/h4-7,9-10,21-22H,8H2,1-3H3,(H,20,23)/b19-10+. The van der Waals surface area contributed by atoms with Crippen molar-refractivity contribution in [3.05, 3.63) is 47.0 Å². The summed E-state index contributed by atoms with van der Waals surface area (Å²) in [5.41, 5.74) is 4.20. The van der Waals surface area contributed by atoms with Crippen LogP contribution in [-0.4, -0.2) is 36.6 Å². The van der Waals surface area contributed by atoms with Crippen molar-refractivity contribution in [2.45, 2.75) is 13.3 Å². The van der Waals surface area contributed by atoms with Crippen LogP contribution in [0.1, 0.15) is 16.7 Å². The van der Waals surface area contributed by atoms with E-state index in [9.17, 15) is 15.0 Å². The molecule has 0 heterocycles. The number of aryl methyl sites for hydroxylation is 1. The lowest BCUT2D eigenvalue weighted by atomic mass is 10.1. The topological polar surface area (TPSA) is 100 Å². The second kappa shape index (κ2) is 8.05. The predicted molar refractivity (Wildman–Crippen MR) is 93.5 cm³/mol. The Morgan fingerprint density at radius 1 is 1.16 bits per heavy atom. The highest BCUT2D eigenvalue weighted by Crippen LogP contribution is 2.27. The molecule has 0 aliphatic carbocycles. The molecular formula is C18H20N2O5. The number of carbonyl (C=O) groups excluding carboxylic acids is 1. The first kappa shape index (κ1) is 18.1. The third-order valence-electron chi connectivity index (χ3n) is 3.55. The van der Waals surface area contributed by atoms with Crippen molar-refractivity contribution >= 4 is 12.1 Å².